The summed E-state index contributed by atoms with van der Waals surface area (Å²) in [5.74, 6) is 0. The van der Waals surface area contributed by atoms with Crippen LogP contribution in [0.4, 0.5) is 30.5 Å². The van der Waals surface area contributed by atoms with Gasteiger partial charge < -0.3 is 0 Å². The van der Waals surface area contributed by atoms with Gasteiger partial charge in [0.2, 0.25) is 0 Å². The summed E-state index contributed by atoms with van der Waals surface area (Å²) in [4.78, 5) is 11.4. The van der Waals surface area contributed by atoms with Crippen LogP contribution in [0.1, 0.15) is 0 Å². The van der Waals surface area contributed by atoms with Crippen molar-refractivity contribution in [3.05, 3.63) is 38.8 Å². The minimum atomic E-state index is -4.22. The Kier molecular flexibility index (Phi) is 2.97. The molecule has 0 bridgehead atoms. The summed E-state index contributed by atoms with van der Waals surface area (Å²) in [6.07, 6.45) is 0. The second kappa shape index (κ2) is 4.04. The van der Waals surface area contributed by atoms with Crippen LogP contribution in [-0.2, 0) is 0 Å². The molecule has 0 saturated carbocycles. The summed E-state index contributed by atoms with van der Waals surface area (Å²) in [6, 6.07) is 2.36. The highest BCUT2D eigenvalue weighted by Gasteiger charge is 2.44. The first kappa shape index (κ1) is 11.8. The molecular weight excluding hydrogens is 231 g/mol. The lowest BCUT2D eigenvalue weighted by molar-refractivity contribution is -0.388. The molecule has 16 heavy (non-hydrogen) atoms. The highest BCUT2D eigenvalue weighted by molar-refractivity contribution is 5.71. The number of hydrogen-bond acceptors (Lipinski definition) is 3. The normalized spacial score (nSPS) is 10.7. The van der Waals surface area contributed by atoms with E-state index in [0.29, 0.717) is 6.07 Å². The fourth-order valence-corrected chi connectivity index (χ4v) is 1.04. The van der Waals surface area contributed by atoms with Crippen molar-refractivity contribution < 1.29 is 18.4 Å². The molecule has 0 amide bonds. The zero-order chi connectivity index (χ0) is 12.3. The van der Waals surface area contributed by atoms with Gasteiger partial charge in [-0.2, -0.15) is 0 Å². The number of azide groups is 1. The van der Waals surface area contributed by atoms with Crippen molar-refractivity contribution in [2.45, 2.75) is 0 Å². The quantitative estimate of drug-likeness (QED) is 0.200. The first-order chi connectivity index (χ1) is 7.38. The molecule has 0 atom stereocenters. The highest BCUT2D eigenvalue weighted by atomic mass is 19.6. The minimum Gasteiger partial charge on any atom is -0.258 e. The molecule has 7 nitrogen and oxygen atoms in total. The number of nitrogens with zero attached hydrogens (tertiary/aromatic N) is 5. The molecule has 1 aromatic rings. The lowest BCUT2D eigenvalue weighted by Crippen LogP contribution is -2.18. The molecule has 1 rings (SSSR count). The molecule has 0 aromatic heterocycles. The number of halogens is 3. The van der Waals surface area contributed by atoms with E-state index in [4.69, 9.17) is 5.53 Å². The second-order valence-corrected chi connectivity index (χ2v) is 2.54. The maximum Gasteiger partial charge on any atom is 0.350 e. The van der Waals surface area contributed by atoms with Gasteiger partial charge in [0.1, 0.15) is 5.69 Å². The zero-order valence-corrected chi connectivity index (χ0v) is 7.42. The minimum absolute atomic E-state index is 0.522. The van der Waals surface area contributed by atoms with Gasteiger partial charge in [-0.3, -0.25) is 10.1 Å². The largest absolute Gasteiger partial charge is 0.350 e. The van der Waals surface area contributed by atoms with Gasteiger partial charge >= 0.3 is 11.4 Å². The molecule has 0 N–H and O–H groups in total. The average Bonchev–Trinajstić information content (AvgIpc) is 2.16. The Hall–Kier alpha value is -2.32. The Morgan fingerprint density at radius 3 is 2.50 bits per heavy atom. The van der Waals surface area contributed by atoms with E-state index in [-0.39, 0.29) is 0 Å². The van der Waals surface area contributed by atoms with Crippen molar-refractivity contribution in [1.29, 1.82) is 0 Å². The lowest BCUT2D eigenvalue weighted by atomic mass is 10.2. The third-order valence-corrected chi connectivity index (χ3v) is 1.60. The van der Waals surface area contributed by atoms with Crippen LogP contribution in [0.3, 0.4) is 0 Å². The van der Waals surface area contributed by atoms with Crippen molar-refractivity contribution in [3.63, 3.8) is 0 Å². The van der Waals surface area contributed by atoms with Gasteiger partial charge in [0.05, 0.1) is 18.4 Å². The third-order valence-electron chi connectivity index (χ3n) is 1.60. The van der Waals surface area contributed by atoms with Gasteiger partial charge in [-0.1, -0.05) is 11.2 Å². The molecule has 0 aliphatic rings. The number of rotatable bonds is 3. The van der Waals surface area contributed by atoms with E-state index in [1.807, 2.05) is 0 Å². The van der Waals surface area contributed by atoms with E-state index < -0.39 is 27.1 Å². The fourth-order valence-electron chi connectivity index (χ4n) is 1.04. The van der Waals surface area contributed by atoms with E-state index in [0.717, 1.165) is 12.1 Å². The van der Waals surface area contributed by atoms with Crippen molar-refractivity contribution >= 4 is 17.1 Å². The molecule has 84 valence electrons. The number of benzene rings is 1. The number of hydrogen-bond donors (Lipinski definition) is 0. The summed E-state index contributed by atoms with van der Waals surface area (Å²) in [5.41, 5.74) is 4.61. The Morgan fingerprint density at radius 1 is 1.44 bits per heavy atom. The maximum absolute atomic E-state index is 12.3. The molecule has 0 radical (unpaired) electrons. The summed E-state index contributed by atoms with van der Waals surface area (Å²) < 4.78 is 37.0. The van der Waals surface area contributed by atoms with Gasteiger partial charge in [0.15, 0.2) is 0 Å². The van der Waals surface area contributed by atoms with E-state index in [9.17, 15) is 23.6 Å². The lowest BCUT2D eigenvalue weighted by Gasteiger charge is -2.02. The van der Waals surface area contributed by atoms with Crippen LogP contribution in [0.2, 0.25) is 0 Å². The Morgan fingerprint density at radius 2 is 2.06 bits per heavy atom. The van der Waals surface area contributed by atoms with E-state index in [1.54, 1.807) is 0 Å². The van der Waals surface area contributed by atoms with Crippen LogP contribution in [0.5, 0.6) is 0 Å². The summed E-state index contributed by atoms with van der Waals surface area (Å²) in [6.45, 7) is 0. The third kappa shape index (κ3) is 2.19. The molecule has 0 aliphatic carbocycles. The van der Waals surface area contributed by atoms with E-state index in [2.05, 4.69) is 10.0 Å². The van der Waals surface area contributed by atoms with Gasteiger partial charge in [-0.05, 0) is 11.6 Å². The van der Waals surface area contributed by atoms with Crippen LogP contribution in [0.25, 0.3) is 10.4 Å². The number of nitro benzene ring substituents is 1. The Bertz CT molecular complexity index is 480. The summed E-state index contributed by atoms with van der Waals surface area (Å²) >= 11 is 0. The van der Waals surface area contributed by atoms with Crippen LogP contribution in [-0.4, -0.2) is 4.92 Å². The molecular formula is C6H3F3N5O2+. The SMILES string of the molecule is [N-]=[N+]=Nc1cccc([N+](F)(F)F)c1[N+](=O)[O-]. The maximum atomic E-state index is 12.3. The first-order valence-corrected chi connectivity index (χ1v) is 3.69. The summed E-state index contributed by atoms with van der Waals surface area (Å²) in [5, 5.41) is 9.09. The molecule has 0 saturated heterocycles. The van der Waals surface area contributed by atoms with Crippen LogP contribution >= 0.6 is 0 Å². The Balaban J connectivity index is 3.57. The first-order valence-electron chi connectivity index (χ1n) is 3.69. The van der Waals surface area contributed by atoms with Gasteiger partial charge in [0, 0.05) is 11.0 Å². The molecule has 10 heteroatoms. The standard InChI is InChI=1S/C6H3F3N5O2/c7-14(8,9)5-3-1-2-4(11-12-10)6(5)13(15)16/h1-3H/q+1. The van der Waals surface area contributed by atoms with Gasteiger partial charge in [-0.25, -0.2) is 0 Å². The van der Waals surface area contributed by atoms with E-state index in [1.165, 1.54) is 0 Å². The molecule has 0 fully saturated rings. The van der Waals surface area contributed by atoms with Crippen molar-refractivity contribution in [1.82, 2.24) is 5.15 Å². The number of quaternary nitrogens is 1. The second-order valence-electron chi connectivity index (χ2n) is 2.54. The van der Waals surface area contributed by atoms with Gasteiger partial charge in [-0.15, -0.1) is 0 Å². The van der Waals surface area contributed by atoms with Gasteiger partial charge in [0.25, 0.3) is 5.15 Å². The van der Waals surface area contributed by atoms with Crippen LogP contribution < -0.4 is 5.15 Å². The number of para-hydroxylation sites is 1. The monoisotopic (exact) mass is 234 g/mol. The summed E-state index contributed by atoms with van der Waals surface area (Å²) in [7, 11) is 0. The predicted octanol–water partition coefficient (Wildman–Crippen LogP) is 3.50. The molecule has 0 heterocycles. The smallest absolute Gasteiger partial charge is 0.258 e. The van der Waals surface area contributed by atoms with E-state index >= 15 is 0 Å². The Labute approximate surface area is 85.5 Å². The predicted molar refractivity (Wildman–Crippen MR) is 47.0 cm³/mol. The van der Waals surface area contributed by atoms with Crippen molar-refractivity contribution in [2.24, 2.45) is 5.11 Å². The molecule has 0 unspecified atom stereocenters. The fraction of sp³-hybridized carbons (Fsp3) is 0. The topological polar surface area (TPSA) is 91.9 Å². The van der Waals surface area contributed by atoms with Crippen LogP contribution in [0.15, 0.2) is 23.3 Å². The zero-order valence-electron chi connectivity index (χ0n) is 7.42. The van der Waals surface area contributed by atoms with Crippen molar-refractivity contribution in [2.75, 3.05) is 0 Å². The molecule has 0 aliphatic heterocycles. The van der Waals surface area contributed by atoms with Crippen molar-refractivity contribution in [3.8, 4) is 0 Å². The highest BCUT2D eigenvalue weighted by Crippen LogP contribution is 2.41. The average molecular weight is 234 g/mol. The number of nitro groups is 1. The molecule has 1 aromatic carbocycles. The van der Waals surface area contributed by atoms with Crippen LogP contribution in [0, 0.1) is 10.1 Å². The molecule has 0 spiro atoms.